The van der Waals surface area contributed by atoms with Gasteiger partial charge in [-0.1, -0.05) is 19.1 Å². The average molecular weight is 302 g/mol. The molecule has 21 heavy (non-hydrogen) atoms. The monoisotopic (exact) mass is 302 g/mol. The number of hydrogen-bond donors (Lipinski definition) is 3. The van der Waals surface area contributed by atoms with Crippen LogP contribution in [0, 0.1) is 0 Å². The zero-order valence-corrected chi connectivity index (χ0v) is 12.8. The molecule has 0 spiro atoms. The highest BCUT2D eigenvalue weighted by atomic mass is 32.2. The minimum atomic E-state index is -0.176. The number of rotatable bonds is 5. The average Bonchev–Trinajstić information content (AvgIpc) is 2.54. The van der Waals surface area contributed by atoms with E-state index >= 15 is 0 Å². The molecule has 1 aromatic carbocycles. The lowest BCUT2D eigenvalue weighted by molar-refractivity contribution is 0.102. The Bertz CT molecular complexity index is 623. The molecule has 0 saturated carbocycles. The number of nitrogen functional groups attached to an aromatic ring is 1. The molecule has 2 aromatic rings. The summed E-state index contributed by atoms with van der Waals surface area (Å²) in [7, 11) is 0. The number of nitrogens with one attached hydrogen (secondary N) is 2. The Morgan fingerprint density at radius 1 is 1.33 bits per heavy atom. The van der Waals surface area contributed by atoms with Gasteiger partial charge in [0.25, 0.3) is 5.91 Å². The van der Waals surface area contributed by atoms with E-state index in [0.717, 1.165) is 22.7 Å². The van der Waals surface area contributed by atoms with E-state index in [9.17, 15) is 4.79 Å². The maximum absolute atomic E-state index is 12.4. The number of nitrogens with zero attached hydrogens (tertiary/aromatic N) is 1. The summed E-state index contributed by atoms with van der Waals surface area (Å²) in [6, 6.07) is 11.1. The van der Waals surface area contributed by atoms with Gasteiger partial charge in [-0.3, -0.25) is 4.79 Å². The molecule has 1 heterocycles. The molecule has 110 valence electrons. The van der Waals surface area contributed by atoms with Crippen molar-refractivity contribution in [2.45, 2.75) is 18.2 Å². The molecule has 0 radical (unpaired) electrons. The van der Waals surface area contributed by atoms with Gasteiger partial charge in [-0.2, -0.15) is 0 Å². The van der Waals surface area contributed by atoms with Crippen molar-refractivity contribution in [3.63, 3.8) is 0 Å². The van der Waals surface area contributed by atoms with E-state index in [1.165, 1.54) is 0 Å². The zero-order chi connectivity index (χ0) is 15.2. The van der Waals surface area contributed by atoms with Crippen molar-refractivity contribution < 1.29 is 4.79 Å². The molecule has 5 nitrogen and oxygen atoms in total. The first-order valence-electron chi connectivity index (χ1n) is 6.60. The number of pyridine rings is 1. The summed E-state index contributed by atoms with van der Waals surface area (Å²) >= 11 is 1.59. The van der Waals surface area contributed by atoms with Gasteiger partial charge in [0.2, 0.25) is 0 Å². The number of hydrogen-bond acceptors (Lipinski definition) is 5. The van der Waals surface area contributed by atoms with E-state index in [0.29, 0.717) is 11.4 Å². The first-order chi connectivity index (χ1) is 10.2. The van der Waals surface area contributed by atoms with Gasteiger partial charge in [-0.15, -0.1) is 11.8 Å². The smallest absolute Gasteiger partial charge is 0.255 e. The van der Waals surface area contributed by atoms with Crippen LogP contribution >= 0.6 is 11.8 Å². The Hall–Kier alpha value is -2.05. The second-order valence-electron chi connectivity index (χ2n) is 4.38. The van der Waals surface area contributed by atoms with Gasteiger partial charge in [-0.05, 0) is 36.9 Å². The fourth-order valence-corrected chi connectivity index (χ4v) is 2.47. The van der Waals surface area contributed by atoms with Crippen molar-refractivity contribution in [3.8, 4) is 0 Å². The minimum Gasteiger partial charge on any atom is -0.321 e. The molecule has 6 heteroatoms. The minimum absolute atomic E-state index is 0.176. The lowest BCUT2D eigenvalue weighted by Gasteiger charge is -2.11. The molecule has 0 fully saturated rings. The van der Waals surface area contributed by atoms with Crippen molar-refractivity contribution in [2.24, 2.45) is 5.84 Å². The van der Waals surface area contributed by atoms with Crippen LogP contribution in [0.15, 0.2) is 41.3 Å². The Morgan fingerprint density at radius 2 is 2.10 bits per heavy atom. The SMILES string of the molecule is CCc1cc(C(=O)Nc2ccccc2SC)cc(NN)n1. The van der Waals surface area contributed by atoms with Gasteiger partial charge in [0.15, 0.2) is 0 Å². The number of nitrogens with two attached hydrogens (primary N) is 1. The van der Waals surface area contributed by atoms with Crippen LogP contribution in [0.1, 0.15) is 23.0 Å². The summed E-state index contributed by atoms with van der Waals surface area (Å²) in [5.41, 5.74) is 4.63. The Labute approximate surface area is 128 Å². The zero-order valence-electron chi connectivity index (χ0n) is 12.0. The number of amides is 1. The van der Waals surface area contributed by atoms with Crippen LogP contribution in [0.25, 0.3) is 0 Å². The van der Waals surface area contributed by atoms with E-state index in [4.69, 9.17) is 5.84 Å². The molecule has 1 amide bonds. The van der Waals surface area contributed by atoms with Crippen molar-refractivity contribution in [1.29, 1.82) is 0 Å². The summed E-state index contributed by atoms with van der Waals surface area (Å²) in [4.78, 5) is 17.7. The molecule has 4 N–H and O–H groups in total. The van der Waals surface area contributed by atoms with Gasteiger partial charge in [0.1, 0.15) is 5.82 Å². The van der Waals surface area contributed by atoms with E-state index in [2.05, 4.69) is 15.7 Å². The van der Waals surface area contributed by atoms with Crippen molar-refractivity contribution in [2.75, 3.05) is 17.0 Å². The molecule has 0 aliphatic heterocycles. The third kappa shape index (κ3) is 3.74. The predicted octanol–water partition coefficient (Wildman–Crippen LogP) is 2.90. The van der Waals surface area contributed by atoms with Crippen LogP contribution in [0.3, 0.4) is 0 Å². The second kappa shape index (κ2) is 7.10. The number of anilines is 2. The Morgan fingerprint density at radius 3 is 2.76 bits per heavy atom. The molecule has 0 aliphatic carbocycles. The second-order valence-corrected chi connectivity index (χ2v) is 5.23. The molecular weight excluding hydrogens is 284 g/mol. The highest BCUT2D eigenvalue weighted by molar-refractivity contribution is 7.98. The molecule has 0 atom stereocenters. The maximum Gasteiger partial charge on any atom is 0.255 e. The number of aryl methyl sites for hydroxylation is 1. The van der Waals surface area contributed by atoms with Crippen molar-refractivity contribution in [3.05, 3.63) is 47.7 Å². The number of hydrazine groups is 1. The fourth-order valence-electron chi connectivity index (χ4n) is 1.92. The van der Waals surface area contributed by atoms with Crippen LogP contribution in [0.2, 0.25) is 0 Å². The van der Waals surface area contributed by atoms with E-state index in [1.807, 2.05) is 37.4 Å². The highest BCUT2D eigenvalue weighted by Crippen LogP contribution is 2.25. The van der Waals surface area contributed by atoms with Crippen LogP contribution in [0.4, 0.5) is 11.5 Å². The number of benzene rings is 1. The molecule has 0 saturated heterocycles. The third-order valence-electron chi connectivity index (χ3n) is 3.01. The van der Waals surface area contributed by atoms with Crippen molar-refractivity contribution >= 4 is 29.2 Å². The summed E-state index contributed by atoms with van der Waals surface area (Å²) in [6.07, 6.45) is 2.71. The van der Waals surface area contributed by atoms with Crippen LogP contribution in [-0.4, -0.2) is 17.1 Å². The van der Waals surface area contributed by atoms with E-state index in [-0.39, 0.29) is 5.91 Å². The van der Waals surface area contributed by atoms with E-state index < -0.39 is 0 Å². The molecule has 1 aromatic heterocycles. The topological polar surface area (TPSA) is 80.0 Å². The maximum atomic E-state index is 12.4. The van der Waals surface area contributed by atoms with Gasteiger partial charge < -0.3 is 10.7 Å². The molecule has 0 unspecified atom stereocenters. The highest BCUT2D eigenvalue weighted by Gasteiger charge is 2.11. The summed E-state index contributed by atoms with van der Waals surface area (Å²) in [5, 5.41) is 2.92. The first kappa shape index (κ1) is 15.3. The predicted molar refractivity (Wildman–Crippen MR) is 87.6 cm³/mol. The van der Waals surface area contributed by atoms with Gasteiger partial charge in [0, 0.05) is 16.2 Å². The molecule has 0 bridgehead atoms. The lowest BCUT2D eigenvalue weighted by Crippen LogP contribution is -2.16. The quantitative estimate of drug-likeness (QED) is 0.449. The van der Waals surface area contributed by atoms with E-state index in [1.54, 1.807) is 23.9 Å². The summed E-state index contributed by atoms with van der Waals surface area (Å²) in [5.74, 6) is 5.70. The molecule has 2 rings (SSSR count). The van der Waals surface area contributed by atoms with Crippen LogP contribution < -0.4 is 16.6 Å². The van der Waals surface area contributed by atoms with Crippen LogP contribution in [-0.2, 0) is 6.42 Å². The number of thioether (sulfide) groups is 1. The Kier molecular flexibility index (Phi) is 5.19. The lowest BCUT2D eigenvalue weighted by atomic mass is 10.1. The summed E-state index contributed by atoms with van der Waals surface area (Å²) in [6.45, 7) is 1.98. The Balaban J connectivity index is 2.28. The summed E-state index contributed by atoms with van der Waals surface area (Å²) < 4.78 is 0. The number of aromatic nitrogens is 1. The fraction of sp³-hybridized carbons (Fsp3) is 0.200. The number of para-hydroxylation sites is 1. The third-order valence-corrected chi connectivity index (χ3v) is 3.80. The van der Waals surface area contributed by atoms with Crippen molar-refractivity contribution in [1.82, 2.24) is 4.98 Å². The number of carbonyl (C=O) groups is 1. The van der Waals surface area contributed by atoms with Crippen LogP contribution in [0.5, 0.6) is 0 Å². The van der Waals surface area contributed by atoms with Gasteiger partial charge >= 0.3 is 0 Å². The van der Waals surface area contributed by atoms with Gasteiger partial charge in [0.05, 0.1) is 5.69 Å². The molecule has 0 aliphatic rings. The van der Waals surface area contributed by atoms with Gasteiger partial charge in [-0.25, -0.2) is 10.8 Å². The molecular formula is C15H18N4OS. The standard InChI is InChI=1S/C15H18N4OS/c1-3-11-8-10(9-14(17-11)19-16)15(20)18-12-6-4-5-7-13(12)21-2/h4-9H,3,16H2,1-2H3,(H,17,19)(H,18,20). The first-order valence-corrected chi connectivity index (χ1v) is 7.82. The number of carbonyl (C=O) groups excluding carboxylic acids is 1. The largest absolute Gasteiger partial charge is 0.321 e. The normalized spacial score (nSPS) is 10.2.